The maximum Gasteiger partial charge on any atom is 0.322 e. The molecule has 3 heterocycles. The van der Waals surface area contributed by atoms with E-state index in [0.29, 0.717) is 57.2 Å². The highest BCUT2D eigenvalue weighted by molar-refractivity contribution is 6.31. The number of benzene rings is 1. The Kier molecular flexibility index (Phi) is 5.68. The fourth-order valence-corrected chi connectivity index (χ4v) is 3.65. The van der Waals surface area contributed by atoms with Crippen LogP contribution in [0, 0.1) is 11.7 Å². The molecule has 154 valence electrons. The number of urea groups is 1. The fraction of sp³-hybridized carbons (Fsp3) is 0.421. The van der Waals surface area contributed by atoms with Gasteiger partial charge in [-0.3, -0.25) is 9.48 Å². The molecule has 2 aliphatic heterocycles. The van der Waals surface area contributed by atoms with Crippen LogP contribution in [0.3, 0.4) is 0 Å². The van der Waals surface area contributed by atoms with Crippen LogP contribution >= 0.6 is 11.6 Å². The van der Waals surface area contributed by atoms with Crippen molar-refractivity contribution in [1.29, 1.82) is 0 Å². The number of ether oxygens (including phenoxy) is 1. The van der Waals surface area contributed by atoms with Crippen LogP contribution in [-0.2, 0) is 22.6 Å². The molecule has 1 aromatic carbocycles. The van der Waals surface area contributed by atoms with Crippen molar-refractivity contribution in [3.05, 3.63) is 40.8 Å². The van der Waals surface area contributed by atoms with Crippen molar-refractivity contribution in [2.45, 2.75) is 25.9 Å². The summed E-state index contributed by atoms with van der Waals surface area (Å²) >= 11 is 5.76. The first kappa shape index (κ1) is 19.7. The molecule has 2 aromatic rings. The van der Waals surface area contributed by atoms with Crippen LogP contribution in [0.1, 0.15) is 18.5 Å². The van der Waals surface area contributed by atoms with Gasteiger partial charge in [0.05, 0.1) is 23.8 Å². The topological polar surface area (TPSA) is 88.5 Å². The summed E-state index contributed by atoms with van der Waals surface area (Å²) in [5.41, 5.74) is 1.25. The van der Waals surface area contributed by atoms with Gasteiger partial charge < -0.3 is 20.3 Å². The van der Waals surface area contributed by atoms with Crippen molar-refractivity contribution >= 4 is 35.0 Å². The summed E-state index contributed by atoms with van der Waals surface area (Å²) in [6.07, 6.45) is 1.42. The molecule has 0 aliphatic carbocycles. The van der Waals surface area contributed by atoms with Gasteiger partial charge in [0, 0.05) is 37.4 Å². The largest absolute Gasteiger partial charge is 0.381 e. The van der Waals surface area contributed by atoms with Crippen LogP contribution in [-0.4, -0.2) is 46.4 Å². The summed E-state index contributed by atoms with van der Waals surface area (Å²) in [5, 5.41) is 9.95. The summed E-state index contributed by atoms with van der Waals surface area (Å²) in [7, 11) is 0. The normalized spacial score (nSPS) is 17.0. The second-order valence-electron chi connectivity index (χ2n) is 7.10. The fourth-order valence-electron chi connectivity index (χ4n) is 3.47. The molecule has 0 unspecified atom stereocenters. The van der Waals surface area contributed by atoms with Gasteiger partial charge in [0.1, 0.15) is 5.82 Å². The third-order valence-electron chi connectivity index (χ3n) is 5.10. The van der Waals surface area contributed by atoms with E-state index in [-0.39, 0.29) is 22.9 Å². The molecule has 10 heteroatoms. The first-order chi connectivity index (χ1) is 14.0. The molecule has 4 rings (SSSR count). The Bertz CT molecular complexity index is 929. The third-order valence-corrected chi connectivity index (χ3v) is 5.39. The summed E-state index contributed by atoms with van der Waals surface area (Å²) in [4.78, 5) is 26.5. The monoisotopic (exact) mass is 421 g/mol. The molecule has 0 bridgehead atoms. The molecule has 2 N–H and O–H groups in total. The Balaban J connectivity index is 1.37. The van der Waals surface area contributed by atoms with E-state index < -0.39 is 5.82 Å². The predicted octanol–water partition coefficient (Wildman–Crippen LogP) is 3.09. The molecular formula is C19H21ClFN5O3. The minimum absolute atomic E-state index is 0.0495. The van der Waals surface area contributed by atoms with E-state index in [4.69, 9.17) is 16.3 Å². The van der Waals surface area contributed by atoms with Crippen molar-refractivity contribution in [3.8, 4) is 0 Å². The highest BCUT2D eigenvalue weighted by Crippen LogP contribution is 2.22. The number of hydrogen-bond acceptors (Lipinski definition) is 4. The Morgan fingerprint density at radius 3 is 2.72 bits per heavy atom. The summed E-state index contributed by atoms with van der Waals surface area (Å²) in [6, 6.07) is 5.50. The van der Waals surface area contributed by atoms with E-state index in [1.165, 1.54) is 18.2 Å². The zero-order chi connectivity index (χ0) is 20.4. The first-order valence-corrected chi connectivity index (χ1v) is 9.84. The van der Waals surface area contributed by atoms with Gasteiger partial charge >= 0.3 is 6.03 Å². The minimum atomic E-state index is -0.540. The zero-order valence-electron chi connectivity index (χ0n) is 15.7. The summed E-state index contributed by atoms with van der Waals surface area (Å²) in [6.45, 7) is 2.52. The third kappa shape index (κ3) is 4.51. The smallest absolute Gasteiger partial charge is 0.322 e. The molecule has 0 saturated carbocycles. The minimum Gasteiger partial charge on any atom is -0.381 e. The molecule has 0 spiro atoms. The number of nitrogens with zero attached hydrogens (tertiary/aromatic N) is 3. The summed E-state index contributed by atoms with van der Waals surface area (Å²) < 4.78 is 20.3. The lowest BCUT2D eigenvalue weighted by molar-refractivity contribution is -0.122. The number of carbonyl (C=O) groups is 2. The van der Waals surface area contributed by atoms with E-state index >= 15 is 0 Å². The zero-order valence-corrected chi connectivity index (χ0v) is 16.4. The Morgan fingerprint density at radius 1 is 1.17 bits per heavy atom. The van der Waals surface area contributed by atoms with Crippen LogP contribution in [0.25, 0.3) is 0 Å². The lowest BCUT2D eigenvalue weighted by Crippen LogP contribution is -2.40. The lowest BCUT2D eigenvalue weighted by atomic mass is 9.99. The number of halogens is 2. The Hall–Kier alpha value is -2.65. The van der Waals surface area contributed by atoms with E-state index in [2.05, 4.69) is 15.7 Å². The molecule has 0 atom stereocenters. The van der Waals surface area contributed by atoms with E-state index in [9.17, 15) is 14.0 Å². The van der Waals surface area contributed by atoms with Gasteiger partial charge in [0.2, 0.25) is 5.91 Å². The maximum atomic E-state index is 13.3. The van der Waals surface area contributed by atoms with Crippen molar-refractivity contribution in [2.75, 3.05) is 30.4 Å². The van der Waals surface area contributed by atoms with Gasteiger partial charge in [-0.15, -0.1) is 0 Å². The maximum absolute atomic E-state index is 13.3. The van der Waals surface area contributed by atoms with Crippen molar-refractivity contribution in [1.82, 2.24) is 14.7 Å². The van der Waals surface area contributed by atoms with Gasteiger partial charge in [-0.05, 0) is 31.0 Å². The van der Waals surface area contributed by atoms with Gasteiger partial charge in [-0.2, -0.15) is 5.10 Å². The van der Waals surface area contributed by atoms with E-state index in [1.807, 2.05) is 0 Å². The van der Waals surface area contributed by atoms with Crippen molar-refractivity contribution in [3.63, 3.8) is 0 Å². The molecule has 1 fully saturated rings. The van der Waals surface area contributed by atoms with Crippen LogP contribution < -0.4 is 10.6 Å². The van der Waals surface area contributed by atoms with E-state index in [1.54, 1.807) is 15.6 Å². The van der Waals surface area contributed by atoms with Gasteiger partial charge in [-0.25, -0.2) is 9.18 Å². The number of carbonyl (C=O) groups excluding carboxylic acids is 2. The lowest BCUT2D eigenvalue weighted by Gasteiger charge is -2.27. The molecule has 1 aromatic heterocycles. The number of rotatable bonds is 3. The Morgan fingerprint density at radius 2 is 1.97 bits per heavy atom. The Labute approximate surface area is 171 Å². The van der Waals surface area contributed by atoms with Crippen LogP contribution in [0.5, 0.6) is 0 Å². The molecule has 1 saturated heterocycles. The average Bonchev–Trinajstić information content (AvgIpc) is 3.12. The highest BCUT2D eigenvalue weighted by Gasteiger charge is 2.25. The molecule has 2 aliphatic rings. The van der Waals surface area contributed by atoms with Crippen molar-refractivity contribution in [2.24, 2.45) is 5.92 Å². The molecule has 29 heavy (non-hydrogen) atoms. The van der Waals surface area contributed by atoms with Gasteiger partial charge in [0.15, 0.2) is 5.82 Å². The molecule has 0 radical (unpaired) electrons. The number of hydrogen-bond donors (Lipinski definition) is 2. The predicted molar refractivity (Wildman–Crippen MR) is 105 cm³/mol. The molecule has 8 nitrogen and oxygen atoms in total. The molecular weight excluding hydrogens is 401 g/mol. The highest BCUT2D eigenvalue weighted by atomic mass is 35.5. The van der Waals surface area contributed by atoms with Crippen molar-refractivity contribution < 1.29 is 18.7 Å². The van der Waals surface area contributed by atoms with Crippen LogP contribution in [0.2, 0.25) is 5.02 Å². The first-order valence-electron chi connectivity index (χ1n) is 9.46. The van der Waals surface area contributed by atoms with Gasteiger partial charge in [-0.1, -0.05) is 11.6 Å². The number of fused-ring (bicyclic) bond motifs is 1. The second kappa shape index (κ2) is 8.38. The average molecular weight is 422 g/mol. The standard InChI is InChI=1S/C19H21ClFN5O3/c20-15-9-13(1-2-16(15)21)22-19(28)25-5-6-26-14(11-25)10-17(24-26)23-18(27)12-3-7-29-8-4-12/h1-2,9-10,12H,3-8,11H2,(H,22,28)(H,23,24,27). The number of amides is 3. The number of nitrogens with one attached hydrogen (secondary N) is 2. The quantitative estimate of drug-likeness (QED) is 0.797. The second-order valence-corrected chi connectivity index (χ2v) is 7.51. The summed E-state index contributed by atoms with van der Waals surface area (Å²) in [5.74, 6) is -0.162. The molecule has 3 amide bonds. The number of aromatic nitrogens is 2. The van der Waals surface area contributed by atoms with E-state index in [0.717, 1.165) is 5.69 Å². The number of anilines is 2. The van der Waals surface area contributed by atoms with Crippen LogP contribution in [0.4, 0.5) is 20.7 Å². The SMILES string of the molecule is O=C(Nc1cc2n(n1)CCN(C(=O)Nc1ccc(F)c(Cl)c1)C2)C1CCOCC1. The van der Waals surface area contributed by atoms with Crippen LogP contribution in [0.15, 0.2) is 24.3 Å². The van der Waals surface area contributed by atoms with Gasteiger partial charge in [0.25, 0.3) is 0 Å².